The molecule has 2 N–H and O–H groups in total. The van der Waals surface area contributed by atoms with Crippen LogP contribution >= 0.6 is 0 Å². The molecule has 0 aliphatic rings. The number of carbonyl (C=O) groups excluding carboxylic acids is 1. The highest BCUT2D eigenvalue weighted by Gasteiger charge is 2.09. The van der Waals surface area contributed by atoms with Crippen LogP contribution in [0, 0.1) is 0 Å². The summed E-state index contributed by atoms with van der Waals surface area (Å²) < 4.78 is 5.31. The topological polar surface area (TPSA) is 50.4 Å². The third-order valence-electron chi connectivity index (χ3n) is 2.67. The zero-order valence-electron chi connectivity index (χ0n) is 11.5. The van der Waals surface area contributed by atoms with Gasteiger partial charge in [0.1, 0.15) is 5.75 Å². The van der Waals surface area contributed by atoms with Crippen LogP contribution in [0.15, 0.2) is 18.2 Å². The Balaban J connectivity index is 2.78. The predicted octanol–water partition coefficient (Wildman–Crippen LogP) is 2.37. The van der Waals surface area contributed by atoms with Crippen LogP contribution in [0.4, 0.5) is 5.69 Å². The number of likely N-dealkylation sites (N-methyl/N-ethyl adjacent to an activating group) is 1. The molecule has 18 heavy (non-hydrogen) atoms. The van der Waals surface area contributed by atoms with Crippen LogP contribution in [0.1, 0.15) is 32.3 Å². The summed E-state index contributed by atoms with van der Waals surface area (Å²) in [5.74, 6) is 1.18. The molecule has 100 valence electrons. The maximum Gasteiger partial charge on any atom is 0.238 e. The quantitative estimate of drug-likeness (QED) is 0.815. The van der Waals surface area contributed by atoms with Crippen molar-refractivity contribution >= 4 is 11.6 Å². The van der Waals surface area contributed by atoms with Crippen LogP contribution in [0.5, 0.6) is 5.75 Å². The average Bonchev–Trinajstić information content (AvgIpc) is 2.36. The Morgan fingerprint density at radius 2 is 2.11 bits per heavy atom. The summed E-state index contributed by atoms with van der Waals surface area (Å²) in [4.78, 5) is 11.6. The molecule has 0 aromatic heterocycles. The van der Waals surface area contributed by atoms with Crippen molar-refractivity contribution in [2.75, 3.05) is 25.5 Å². The van der Waals surface area contributed by atoms with E-state index in [1.54, 1.807) is 7.11 Å². The number of benzene rings is 1. The first kappa shape index (κ1) is 14.5. The van der Waals surface area contributed by atoms with Gasteiger partial charge in [-0.3, -0.25) is 4.79 Å². The molecule has 0 bridgehead atoms. The molecule has 0 unspecified atom stereocenters. The molecular weight excluding hydrogens is 228 g/mol. The minimum absolute atomic E-state index is 0.0308. The molecule has 0 heterocycles. The highest BCUT2D eigenvalue weighted by Crippen LogP contribution is 2.29. The number of hydrogen-bond acceptors (Lipinski definition) is 3. The summed E-state index contributed by atoms with van der Waals surface area (Å²) in [7, 11) is 1.66. The highest BCUT2D eigenvalue weighted by atomic mass is 16.5. The Morgan fingerprint density at radius 1 is 1.39 bits per heavy atom. The minimum atomic E-state index is -0.0308. The second-order valence-electron chi connectivity index (χ2n) is 4.44. The van der Waals surface area contributed by atoms with Gasteiger partial charge < -0.3 is 15.4 Å². The molecule has 4 nitrogen and oxygen atoms in total. The standard InChI is InChI=1S/C14H22N2O2/c1-5-15-9-14(17)16-11-6-7-13(18-4)12(8-11)10(2)3/h6-8,10,15H,5,9H2,1-4H3,(H,16,17). The highest BCUT2D eigenvalue weighted by molar-refractivity contribution is 5.92. The van der Waals surface area contributed by atoms with E-state index in [0.717, 1.165) is 23.5 Å². The van der Waals surface area contributed by atoms with Gasteiger partial charge in [-0.1, -0.05) is 20.8 Å². The van der Waals surface area contributed by atoms with Crippen molar-refractivity contribution in [1.29, 1.82) is 0 Å². The van der Waals surface area contributed by atoms with E-state index in [9.17, 15) is 4.79 Å². The van der Waals surface area contributed by atoms with E-state index >= 15 is 0 Å². The van der Waals surface area contributed by atoms with Gasteiger partial charge >= 0.3 is 0 Å². The van der Waals surface area contributed by atoms with Crippen molar-refractivity contribution in [2.24, 2.45) is 0 Å². The van der Waals surface area contributed by atoms with E-state index in [-0.39, 0.29) is 5.91 Å². The number of ether oxygens (including phenoxy) is 1. The van der Waals surface area contributed by atoms with E-state index in [0.29, 0.717) is 12.5 Å². The Labute approximate surface area is 109 Å². The monoisotopic (exact) mass is 250 g/mol. The lowest BCUT2D eigenvalue weighted by Gasteiger charge is -2.14. The normalized spacial score (nSPS) is 10.5. The molecule has 0 saturated carbocycles. The fraction of sp³-hybridized carbons (Fsp3) is 0.500. The lowest BCUT2D eigenvalue weighted by Crippen LogP contribution is -2.27. The van der Waals surface area contributed by atoms with Crippen LogP contribution in [0.2, 0.25) is 0 Å². The van der Waals surface area contributed by atoms with Gasteiger partial charge in [0.25, 0.3) is 0 Å². The first-order valence-electron chi connectivity index (χ1n) is 6.27. The lowest BCUT2D eigenvalue weighted by molar-refractivity contribution is -0.115. The molecule has 1 aromatic carbocycles. The van der Waals surface area contributed by atoms with E-state index in [1.807, 2.05) is 25.1 Å². The summed E-state index contributed by atoms with van der Waals surface area (Å²) in [6.45, 7) is 7.29. The summed E-state index contributed by atoms with van der Waals surface area (Å²) >= 11 is 0. The number of rotatable bonds is 6. The Hall–Kier alpha value is -1.55. The van der Waals surface area contributed by atoms with Gasteiger partial charge in [-0.25, -0.2) is 0 Å². The molecule has 0 aliphatic carbocycles. The summed E-state index contributed by atoms with van der Waals surface area (Å²) in [6, 6.07) is 5.71. The molecule has 0 radical (unpaired) electrons. The molecule has 1 rings (SSSR count). The zero-order valence-corrected chi connectivity index (χ0v) is 11.5. The van der Waals surface area contributed by atoms with Crippen LogP contribution in [-0.4, -0.2) is 26.1 Å². The maximum atomic E-state index is 11.6. The summed E-state index contributed by atoms with van der Waals surface area (Å²) in [5, 5.41) is 5.86. The number of nitrogens with one attached hydrogen (secondary N) is 2. The predicted molar refractivity (Wildman–Crippen MR) is 74.3 cm³/mol. The molecule has 0 aliphatic heterocycles. The van der Waals surface area contributed by atoms with Gasteiger partial charge in [0.05, 0.1) is 13.7 Å². The second-order valence-corrected chi connectivity index (χ2v) is 4.44. The van der Waals surface area contributed by atoms with Crippen molar-refractivity contribution in [1.82, 2.24) is 5.32 Å². The third-order valence-corrected chi connectivity index (χ3v) is 2.67. The van der Waals surface area contributed by atoms with E-state index in [4.69, 9.17) is 4.74 Å². The summed E-state index contributed by atoms with van der Waals surface area (Å²) in [6.07, 6.45) is 0. The van der Waals surface area contributed by atoms with Crippen molar-refractivity contribution in [2.45, 2.75) is 26.7 Å². The second kappa shape index (κ2) is 7.01. The molecule has 0 fully saturated rings. The van der Waals surface area contributed by atoms with Gasteiger partial charge in [0.15, 0.2) is 0 Å². The smallest absolute Gasteiger partial charge is 0.238 e. The number of anilines is 1. The number of hydrogen-bond donors (Lipinski definition) is 2. The molecule has 1 amide bonds. The fourth-order valence-corrected chi connectivity index (χ4v) is 1.71. The zero-order chi connectivity index (χ0) is 13.5. The lowest BCUT2D eigenvalue weighted by atomic mass is 10.0. The van der Waals surface area contributed by atoms with Crippen LogP contribution in [-0.2, 0) is 4.79 Å². The minimum Gasteiger partial charge on any atom is -0.496 e. The first-order valence-corrected chi connectivity index (χ1v) is 6.27. The summed E-state index contributed by atoms with van der Waals surface area (Å²) in [5.41, 5.74) is 1.90. The largest absolute Gasteiger partial charge is 0.496 e. The fourth-order valence-electron chi connectivity index (χ4n) is 1.71. The number of carbonyl (C=O) groups is 1. The number of methoxy groups -OCH3 is 1. The molecule has 1 aromatic rings. The van der Waals surface area contributed by atoms with E-state index in [2.05, 4.69) is 24.5 Å². The molecule has 0 spiro atoms. The van der Waals surface area contributed by atoms with Crippen LogP contribution < -0.4 is 15.4 Å². The molecular formula is C14H22N2O2. The van der Waals surface area contributed by atoms with Gasteiger partial charge in [-0.05, 0) is 36.2 Å². The Morgan fingerprint density at radius 3 is 2.67 bits per heavy atom. The van der Waals surface area contributed by atoms with Gasteiger partial charge in [0.2, 0.25) is 5.91 Å². The Bertz CT molecular complexity index is 403. The number of amides is 1. The molecule has 0 saturated heterocycles. The van der Waals surface area contributed by atoms with Crippen LogP contribution in [0.3, 0.4) is 0 Å². The van der Waals surface area contributed by atoms with E-state index in [1.165, 1.54) is 0 Å². The Kier molecular flexibility index (Phi) is 5.65. The van der Waals surface area contributed by atoms with Crippen LogP contribution in [0.25, 0.3) is 0 Å². The molecule has 0 atom stereocenters. The van der Waals surface area contributed by atoms with E-state index < -0.39 is 0 Å². The SMILES string of the molecule is CCNCC(=O)Nc1ccc(OC)c(C(C)C)c1. The maximum absolute atomic E-state index is 11.6. The van der Waals surface area contributed by atoms with Gasteiger partial charge in [-0.15, -0.1) is 0 Å². The first-order chi connectivity index (χ1) is 8.58. The molecule has 4 heteroatoms. The van der Waals surface area contributed by atoms with Crippen molar-refractivity contribution in [3.05, 3.63) is 23.8 Å². The third kappa shape index (κ3) is 4.04. The average molecular weight is 250 g/mol. The van der Waals surface area contributed by atoms with Crippen molar-refractivity contribution in [3.63, 3.8) is 0 Å². The van der Waals surface area contributed by atoms with Crippen molar-refractivity contribution < 1.29 is 9.53 Å². The van der Waals surface area contributed by atoms with Gasteiger partial charge in [-0.2, -0.15) is 0 Å². The van der Waals surface area contributed by atoms with Crippen molar-refractivity contribution in [3.8, 4) is 5.75 Å². The van der Waals surface area contributed by atoms with Gasteiger partial charge in [0, 0.05) is 5.69 Å².